The van der Waals surface area contributed by atoms with E-state index in [1.807, 2.05) is 19.9 Å². The minimum absolute atomic E-state index is 0.0778. The molecule has 5 N–H and O–H groups in total. The molecule has 1 aliphatic heterocycles. The van der Waals surface area contributed by atoms with Crippen molar-refractivity contribution in [3.05, 3.63) is 52.2 Å². The van der Waals surface area contributed by atoms with E-state index in [2.05, 4.69) is 27.7 Å². The molecule has 0 saturated carbocycles. The number of phenols is 1. The predicted molar refractivity (Wildman–Crippen MR) is 211 cm³/mol. The zero-order chi connectivity index (χ0) is 40.4. The van der Waals surface area contributed by atoms with Crippen molar-refractivity contribution in [2.45, 2.75) is 130 Å². The fraction of sp³-hybridized carbons (Fsp3) is 0.605. The third-order valence-corrected chi connectivity index (χ3v) is 10.7. The van der Waals surface area contributed by atoms with Crippen molar-refractivity contribution < 1.29 is 53.6 Å². The Balaban J connectivity index is 1.45. The molecule has 0 spiro atoms. The van der Waals surface area contributed by atoms with Gasteiger partial charge in [-0.25, -0.2) is 0 Å². The van der Waals surface area contributed by atoms with Gasteiger partial charge in [0, 0.05) is 17.7 Å². The summed E-state index contributed by atoms with van der Waals surface area (Å²) in [5.74, 6) is 1.14. The highest BCUT2D eigenvalue weighted by atomic mass is 16.7. The summed E-state index contributed by atoms with van der Waals surface area (Å²) < 4.78 is 34.8. The third-order valence-electron chi connectivity index (χ3n) is 10.7. The Hall–Kier alpha value is -3.81. The second kappa shape index (κ2) is 20.4. The average Bonchev–Trinajstić information content (AvgIpc) is 3.16. The first-order valence-corrected chi connectivity index (χ1v) is 19.5. The molecule has 1 aliphatic rings. The normalized spacial score (nSPS) is 22.1. The second-order valence-electron chi connectivity index (χ2n) is 15.5. The summed E-state index contributed by atoms with van der Waals surface area (Å²) in [6, 6.07) is 7.06. The van der Waals surface area contributed by atoms with Gasteiger partial charge in [-0.05, 0) is 68.2 Å². The van der Waals surface area contributed by atoms with Crippen LogP contribution in [0, 0.1) is 17.8 Å². The summed E-state index contributed by atoms with van der Waals surface area (Å²) in [5, 5.41) is 54.2. The number of fused-ring (bicyclic) bond motifs is 1. The Morgan fingerprint density at radius 1 is 0.873 bits per heavy atom. The summed E-state index contributed by atoms with van der Waals surface area (Å²) in [6.45, 7) is 12.5. The molecule has 1 saturated heterocycles. The molecule has 0 bridgehead atoms. The van der Waals surface area contributed by atoms with E-state index in [4.69, 9.17) is 28.1 Å². The van der Waals surface area contributed by atoms with Crippen LogP contribution in [-0.2, 0) is 9.47 Å². The van der Waals surface area contributed by atoms with Crippen molar-refractivity contribution >= 4 is 11.0 Å². The summed E-state index contributed by atoms with van der Waals surface area (Å²) in [6.07, 6.45) is 3.79. The molecule has 12 heteroatoms. The van der Waals surface area contributed by atoms with E-state index in [-0.39, 0.29) is 28.6 Å². The molecule has 0 aliphatic carbocycles. The fourth-order valence-corrected chi connectivity index (χ4v) is 7.15. The minimum atomic E-state index is -1.62. The van der Waals surface area contributed by atoms with Gasteiger partial charge >= 0.3 is 0 Å². The van der Waals surface area contributed by atoms with E-state index in [0.29, 0.717) is 29.4 Å². The first-order valence-electron chi connectivity index (χ1n) is 19.5. The third kappa shape index (κ3) is 11.2. The van der Waals surface area contributed by atoms with Gasteiger partial charge in [0.2, 0.25) is 17.5 Å². The number of aromatic hydroxyl groups is 2. The van der Waals surface area contributed by atoms with Crippen molar-refractivity contribution in [3.8, 4) is 40.1 Å². The summed E-state index contributed by atoms with van der Waals surface area (Å²) in [5.41, 5.74) is 0.240. The number of aliphatic hydroxyl groups is 3. The van der Waals surface area contributed by atoms with E-state index >= 15 is 0 Å². The number of allylic oxidation sites excluding steroid dienone is 1. The van der Waals surface area contributed by atoms with Gasteiger partial charge in [-0.15, -0.1) is 0 Å². The molecule has 1 fully saturated rings. The van der Waals surface area contributed by atoms with Crippen molar-refractivity contribution in [2.24, 2.45) is 17.8 Å². The van der Waals surface area contributed by atoms with Gasteiger partial charge in [-0.1, -0.05) is 72.3 Å². The van der Waals surface area contributed by atoms with E-state index in [9.17, 15) is 30.3 Å². The molecule has 12 nitrogen and oxygen atoms in total. The molecule has 4 rings (SSSR count). The number of hydrogen-bond donors (Lipinski definition) is 5. The molecule has 2 aromatic carbocycles. The van der Waals surface area contributed by atoms with Crippen LogP contribution in [0.15, 0.2) is 51.2 Å². The topological polar surface area (TPSA) is 178 Å². The van der Waals surface area contributed by atoms with Crippen LogP contribution >= 0.6 is 0 Å². The lowest BCUT2D eigenvalue weighted by Gasteiger charge is -2.43. The van der Waals surface area contributed by atoms with Gasteiger partial charge in [0.05, 0.1) is 26.9 Å². The van der Waals surface area contributed by atoms with Crippen molar-refractivity contribution in [2.75, 3.05) is 20.8 Å². The summed E-state index contributed by atoms with van der Waals surface area (Å²) in [7, 11) is 2.91. The van der Waals surface area contributed by atoms with Gasteiger partial charge in [0.1, 0.15) is 46.9 Å². The lowest BCUT2D eigenvalue weighted by molar-refractivity contribution is -0.290. The maximum atomic E-state index is 13.2. The highest BCUT2D eigenvalue weighted by molar-refractivity contribution is 5.88. The Kier molecular flexibility index (Phi) is 16.3. The van der Waals surface area contributed by atoms with Crippen molar-refractivity contribution in [1.82, 2.24) is 0 Å². The quantitative estimate of drug-likeness (QED) is 0.0717. The molecule has 0 amide bonds. The maximum Gasteiger partial charge on any atom is 0.238 e. The van der Waals surface area contributed by atoms with Gasteiger partial charge in [0.15, 0.2) is 17.3 Å². The highest BCUT2D eigenvalue weighted by Gasteiger charge is 2.47. The Morgan fingerprint density at radius 3 is 2.15 bits per heavy atom. The molecule has 1 aromatic heterocycles. The lowest BCUT2D eigenvalue weighted by atomic mass is 9.91. The number of phenolic OH excluding ortho intramolecular Hbond substituents is 1. The van der Waals surface area contributed by atoms with Gasteiger partial charge in [-0.2, -0.15) is 0 Å². The SMILES string of the molecule is CC=C(C)[C@H](CC[C@H](C)CCC[C@H](C)CCCC(C)C)O[C@H]1[C@H](O)[C@@H](O)[C@H](Oc2cc(O)c3c(=O)c(O)c(-c4ccc(OC)c(OC)c4)oc3c2)O[C@@H]1CO. The smallest absolute Gasteiger partial charge is 0.238 e. The lowest BCUT2D eigenvalue weighted by Crippen LogP contribution is -2.61. The standard InChI is InChI=1S/C43H62O12/c1-9-27(6)31(18-16-26(5)15-11-14-25(4)13-10-12-24(2)3)53-42-35(23-44)55-43(40(49)39(42)48)52-29-21-30(45)36-34(22-29)54-41(38(47)37(36)46)28-17-19-32(50-7)33(20-28)51-8/h9,17,19-22,24-26,31,35,39-40,42-45,47-49H,10-16,18,23H2,1-8H3/t25-,26-,31+,35-,39-,40-,42-,43-/m1/s1. The zero-order valence-corrected chi connectivity index (χ0v) is 33.6. The molecule has 2 heterocycles. The first-order chi connectivity index (χ1) is 26.2. The van der Waals surface area contributed by atoms with Crippen LogP contribution in [0.5, 0.6) is 28.7 Å². The van der Waals surface area contributed by atoms with E-state index in [0.717, 1.165) is 36.3 Å². The number of benzene rings is 2. The van der Waals surface area contributed by atoms with Crippen molar-refractivity contribution in [3.63, 3.8) is 0 Å². The summed E-state index contributed by atoms with van der Waals surface area (Å²) >= 11 is 0. The van der Waals surface area contributed by atoms with E-state index in [1.54, 1.807) is 12.1 Å². The molecule has 0 radical (unpaired) electrons. The highest BCUT2D eigenvalue weighted by Crippen LogP contribution is 2.39. The predicted octanol–water partition coefficient (Wildman–Crippen LogP) is 7.48. The molecule has 306 valence electrons. The molecule has 8 atom stereocenters. The first kappa shape index (κ1) is 43.9. The van der Waals surface area contributed by atoms with Crippen LogP contribution in [0.2, 0.25) is 0 Å². The van der Waals surface area contributed by atoms with Crippen LogP contribution in [0.4, 0.5) is 0 Å². The number of hydrogen-bond acceptors (Lipinski definition) is 12. The van der Waals surface area contributed by atoms with E-state index < -0.39 is 54.2 Å². The summed E-state index contributed by atoms with van der Waals surface area (Å²) in [4.78, 5) is 13.2. The Labute approximate surface area is 324 Å². The van der Waals surface area contributed by atoms with Crippen LogP contribution in [-0.4, -0.2) is 83.2 Å². The zero-order valence-electron chi connectivity index (χ0n) is 33.6. The Bertz CT molecular complexity index is 1760. The van der Waals surface area contributed by atoms with E-state index in [1.165, 1.54) is 58.5 Å². The number of aliphatic hydroxyl groups excluding tert-OH is 3. The van der Waals surface area contributed by atoms with Crippen LogP contribution in [0.25, 0.3) is 22.3 Å². The van der Waals surface area contributed by atoms with Gasteiger partial charge < -0.3 is 53.6 Å². The maximum absolute atomic E-state index is 13.2. The number of rotatable bonds is 20. The molecular weight excluding hydrogens is 708 g/mol. The van der Waals surface area contributed by atoms with Crippen LogP contribution in [0.1, 0.15) is 92.9 Å². The molecule has 0 unspecified atom stereocenters. The molecule has 55 heavy (non-hydrogen) atoms. The van der Waals surface area contributed by atoms with Gasteiger partial charge in [0.25, 0.3) is 0 Å². The van der Waals surface area contributed by atoms with Gasteiger partial charge in [-0.3, -0.25) is 4.79 Å². The fourth-order valence-electron chi connectivity index (χ4n) is 7.15. The van der Waals surface area contributed by atoms with Crippen molar-refractivity contribution in [1.29, 1.82) is 0 Å². The number of methoxy groups -OCH3 is 2. The molecule has 3 aromatic rings. The molecular formula is C43H62O12. The van der Waals surface area contributed by atoms with Crippen LogP contribution in [0.3, 0.4) is 0 Å². The monoisotopic (exact) mass is 770 g/mol. The second-order valence-corrected chi connectivity index (χ2v) is 15.5. The minimum Gasteiger partial charge on any atom is -0.507 e. The largest absolute Gasteiger partial charge is 0.507 e. The number of ether oxygens (including phenoxy) is 5. The average molecular weight is 771 g/mol. The Morgan fingerprint density at radius 2 is 1.53 bits per heavy atom. The van der Waals surface area contributed by atoms with Crippen LogP contribution < -0.4 is 19.6 Å².